The van der Waals surface area contributed by atoms with E-state index in [4.69, 9.17) is 0 Å². The third-order valence-electron chi connectivity index (χ3n) is 4.56. The molecule has 0 N–H and O–H groups in total. The van der Waals surface area contributed by atoms with E-state index in [0.29, 0.717) is 11.8 Å². The summed E-state index contributed by atoms with van der Waals surface area (Å²) in [5.74, 6) is 7.85. The number of rotatable bonds is 1. The molecule has 0 aromatic heterocycles. The average molecular weight is 455 g/mol. The van der Waals surface area contributed by atoms with E-state index in [0.717, 1.165) is 12.8 Å². The number of benzene rings is 1. The Morgan fingerprint density at radius 2 is 1.30 bits per heavy atom. The maximum atomic E-state index is 3.64. The number of hydrogen-bond acceptors (Lipinski definition) is 2. The van der Waals surface area contributed by atoms with Gasteiger partial charge >= 0.3 is 179 Å². The van der Waals surface area contributed by atoms with Gasteiger partial charge in [0.1, 0.15) is 0 Å². The number of allylic oxidation sites excluding steroid dienone is 2. The fourth-order valence-electron chi connectivity index (χ4n) is 3.16. The van der Waals surface area contributed by atoms with Crippen LogP contribution in [-0.2, 0) is 0 Å². The van der Waals surface area contributed by atoms with Crippen molar-refractivity contribution in [3.8, 4) is 21.3 Å². The van der Waals surface area contributed by atoms with Crippen LogP contribution in [0.4, 0.5) is 0 Å². The monoisotopic (exact) mass is 454 g/mol. The Morgan fingerprint density at radius 3 is 1.74 bits per heavy atom. The maximum absolute atomic E-state index is 3.64. The van der Waals surface area contributed by atoms with Crippen molar-refractivity contribution in [1.29, 1.82) is 0 Å². The first kappa shape index (κ1) is 20.8. The zero-order valence-electron chi connectivity index (χ0n) is 16.5. The Kier molecular flexibility index (Phi) is 6.97. The van der Waals surface area contributed by atoms with E-state index in [-0.39, 0.29) is 9.49 Å². The van der Waals surface area contributed by atoms with Crippen LogP contribution >= 0.6 is 23.5 Å². The van der Waals surface area contributed by atoms with Gasteiger partial charge in [-0.2, -0.15) is 0 Å². The van der Waals surface area contributed by atoms with Crippen molar-refractivity contribution in [2.45, 2.75) is 50.0 Å². The zero-order valence-corrected chi connectivity index (χ0v) is 20.0. The van der Waals surface area contributed by atoms with Crippen molar-refractivity contribution in [1.82, 2.24) is 0 Å². The molecular weight excluding hydrogens is 427 g/mol. The molecule has 1 aromatic rings. The molecular formula is C24H27AsS2. The minimum absolute atomic E-state index is 0.278. The molecule has 3 heteroatoms. The molecule has 0 spiro atoms. The van der Waals surface area contributed by atoms with Gasteiger partial charge in [0, 0.05) is 0 Å². The van der Waals surface area contributed by atoms with Crippen LogP contribution in [0.3, 0.4) is 0 Å². The molecule has 27 heavy (non-hydrogen) atoms. The molecule has 2 unspecified atom stereocenters. The summed E-state index contributed by atoms with van der Waals surface area (Å²) in [5, 5.41) is 4.45. The van der Waals surface area contributed by atoms with E-state index in [2.05, 4.69) is 102 Å². The number of thioether (sulfide) groups is 2. The quantitative estimate of drug-likeness (QED) is 0.402. The summed E-state index contributed by atoms with van der Waals surface area (Å²) in [6, 6.07) is 10.7. The van der Waals surface area contributed by atoms with E-state index in [1.807, 2.05) is 23.5 Å². The summed E-state index contributed by atoms with van der Waals surface area (Å²) in [6.07, 6.45) is 6.75. The van der Waals surface area contributed by atoms with Crippen LogP contribution in [0.1, 0.15) is 40.5 Å². The van der Waals surface area contributed by atoms with E-state index in [1.54, 1.807) is 0 Å². The molecule has 140 valence electrons. The molecule has 1 aromatic carbocycles. The molecule has 0 saturated carbocycles. The van der Waals surface area contributed by atoms with Crippen LogP contribution in [0.5, 0.6) is 0 Å². The molecule has 0 bridgehead atoms. The van der Waals surface area contributed by atoms with Crippen LogP contribution in [0, 0.1) is 33.1 Å². The van der Waals surface area contributed by atoms with Crippen molar-refractivity contribution in [3.63, 3.8) is 0 Å². The van der Waals surface area contributed by atoms with Gasteiger partial charge < -0.3 is 0 Å². The summed E-state index contributed by atoms with van der Waals surface area (Å²) in [7, 11) is 0. The minimum atomic E-state index is -1.70. The Bertz CT molecular complexity index is 776. The molecule has 2 heterocycles. The van der Waals surface area contributed by atoms with Crippen LogP contribution < -0.4 is 4.35 Å². The summed E-state index contributed by atoms with van der Waals surface area (Å²) in [6.45, 7) is 9.21. The molecule has 0 radical (unpaired) electrons. The molecule has 0 nitrogen and oxygen atoms in total. The van der Waals surface area contributed by atoms with Gasteiger partial charge in [0.2, 0.25) is 0 Å². The molecule has 0 fully saturated rings. The summed E-state index contributed by atoms with van der Waals surface area (Å²) >= 11 is 2.12. The average Bonchev–Trinajstić information content (AvgIpc) is 2.61. The zero-order chi connectivity index (χ0) is 19.3. The van der Waals surface area contributed by atoms with Gasteiger partial charge in [-0.05, 0) is 0 Å². The third-order valence-corrected chi connectivity index (χ3v) is 9.94. The van der Waals surface area contributed by atoms with Crippen molar-refractivity contribution in [2.24, 2.45) is 11.8 Å². The predicted octanol–water partition coefficient (Wildman–Crippen LogP) is 5.56. The van der Waals surface area contributed by atoms with Crippen molar-refractivity contribution >= 4 is 42.5 Å². The molecule has 2 aliphatic heterocycles. The molecule has 2 atom stereocenters. The van der Waals surface area contributed by atoms with Crippen molar-refractivity contribution in [2.75, 3.05) is 0 Å². The second-order valence-corrected chi connectivity index (χ2v) is 14.9. The first-order chi connectivity index (χ1) is 12.8. The predicted molar refractivity (Wildman–Crippen MR) is 125 cm³/mol. The van der Waals surface area contributed by atoms with Gasteiger partial charge in [0.05, 0.1) is 0 Å². The van der Waals surface area contributed by atoms with Crippen molar-refractivity contribution < 1.29 is 0 Å². The molecule has 0 aliphatic carbocycles. The molecule has 0 amide bonds. The fourth-order valence-corrected chi connectivity index (χ4v) is 7.86. The van der Waals surface area contributed by atoms with Crippen LogP contribution in [0.25, 0.3) is 0 Å². The van der Waals surface area contributed by atoms with Crippen molar-refractivity contribution in [3.05, 3.63) is 53.3 Å². The summed E-state index contributed by atoms with van der Waals surface area (Å²) < 4.78 is 9.17. The first-order valence-corrected chi connectivity index (χ1v) is 14.0. The standard InChI is InChI=1S/C24H27AsS2/c1-23(2)18-20(12-16-26-23)10-14-25(22-8-6-5-7-9-22)15-11-21-13-17-27-24(3,4)19-21/h5-9,12-13,16-17,20-21H,18-19H2,1-4H3. The molecule has 3 rings (SSSR count). The third kappa shape index (κ3) is 6.57. The van der Waals surface area contributed by atoms with Gasteiger partial charge in [-0.15, -0.1) is 0 Å². The Labute approximate surface area is 178 Å². The van der Waals surface area contributed by atoms with E-state index < -0.39 is 14.7 Å². The number of hydrogen-bond donors (Lipinski definition) is 0. The summed E-state index contributed by atoms with van der Waals surface area (Å²) in [5.41, 5.74) is 0. The van der Waals surface area contributed by atoms with Crippen LogP contribution in [0.2, 0.25) is 0 Å². The van der Waals surface area contributed by atoms with Gasteiger partial charge in [0.25, 0.3) is 0 Å². The van der Waals surface area contributed by atoms with Gasteiger partial charge in [-0.25, -0.2) is 0 Å². The summed E-state index contributed by atoms with van der Waals surface area (Å²) in [4.78, 5) is 0. The van der Waals surface area contributed by atoms with E-state index >= 15 is 0 Å². The SMILES string of the molecule is CC1(C)CC(C#C[As](C#CC2C=CSC(C)(C)C2)c2ccccc2)C=CS1. The normalized spacial score (nSPS) is 26.2. The Morgan fingerprint density at radius 1 is 0.815 bits per heavy atom. The van der Waals surface area contributed by atoms with Gasteiger partial charge in [0.15, 0.2) is 0 Å². The fraction of sp³-hybridized carbons (Fsp3) is 0.417. The topological polar surface area (TPSA) is 0 Å². The van der Waals surface area contributed by atoms with Gasteiger partial charge in [-0.3, -0.25) is 0 Å². The second-order valence-electron chi connectivity index (χ2n) is 8.22. The molecule has 0 saturated heterocycles. The second kappa shape index (κ2) is 9.05. The Balaban J connectivity index is 1.82. The van der Waals surface area contributed by atoms with E-state index in [9.17, 15) is 0 Å². The Hall–Kier alpha value is -0.922. The van der Waals surface area contributed by atoms with Crippen LogP contribution in [-0.4, -0.2) is 24.1 Å². The molecule has 2 aliphatic rings. The van der Waals surface area contributed by atoms with Gasteiger partial charge in [-0.1, -0.05) is 0 Å². The first-order valence-electron chi connectivity index (χ1n) is 9.40. The van der Waals surface area contributed by atoms with Crippen LogP contribution in [0.15, 0.2) is 53.3 Å². The van der Waals surface area contributed by atoms with E-state index in [1.165, 1.54) is 4.35 Å².